The number of carbonyl (C=O) groups is 3. The number of allylic oxidation sites excluding steroid dienone is 2. The third kappa shape index (κ3) is 1.84. The molecule has 0 N–H and O–H groups in total. The van der Waals surface area contributed by atoms with Gasteiger partial charge in [-0.15, -0.1) is 0 Å². The van der Waals surface area contributed by atoms with E-state index >= 15 is 0 Å². The zero-order valence-electron chi connectivity index (χ0n) is 12.9. The first-order valence-corrected chi connectivity index (χ1v) is 7.63. The Labute approximate surface area is 137 Å². The normalized spacial score (nSPS) is 13.5. The van der Waals surface area contributed by atoms with E-state index in [1.807, 2.05) is 30.3 Å². The van der Waals surface area contributed by atoms with Gasteiger partial charge in [0.1, 0.15) is 5.69 Å². The highest BCUT2D eigenvalue weighted by molar-refractivity contribution is 6.30. The largest absolute Gasteiger partial charge is 0.461 e. The Bertz CT molecular complexity index is 1070. The van der Waals surface area contributed by atoms with Crippen LogP contribution in [0.4, 0.5) is 0 Å². The van der Waals surface area contributed by atoms with Gasteiger partial charge >= 0.3 is 5.97 Å². The number of hydrogen-bond donors (Lipinski definition) is 0. The van der Waals surface area contributed by atoms with E-state index in [1.165, 1.54) is 12.2 Å². The Kier molecular flexibility index (Phi) is 3.09. The fourth-order valence-electron chi connectivity index (χ4n) is 3.21. The fraction of sp³-hybridized carbons (Fsp3) is 0.105. The van der Waals surface area contributed by atoms with Crippen LogP contribution < -0.4 is 0 Å². The minimum absolute atomic E-state index is 0.107. The molecule has 5 heteroatoms. The standard InChI is InChI=1S/C19H13NO4/c1-2-24-19(23)18-16-14(22)8-7-13(21)15(16)17-12-6-4-3-5-11(12)9-10-20(17)18/h3-10H,2H2,1H3. The summed E-state index contributed by atoms with van der Waals surface area (Å²) in [6, 6.07) is 9.39. The highest BCUT2D eigenvalue weighted by Gasteiger charge is 2.33. The van der Waals surface area contributed by atoms with Gasteiger partial charge in [0.2, 0.25) is 0 Å². The predicted octanol–water partition coefficient (Wildman–Crippen LogP) is 3.20. The van der Waals surface area contributed by atoms with Crippen molar-refractivity contribution in [2.75, 3.05) is 6.61 Å². The molecule has 0 spiro atoms. The number of ether oxygens (including phenoxy) is 1. The molecule has 3 aromatic rings. The van der Waals surface area contributed by atoms with Gasteiger partial charge in [-0.25, -0.2) is 4.79 Å². The van der Waals surface area contributed by atoms with Gasteiger partial charge in [-0.05, 0) is 30.5 Å². The van der Waals surface area contributed by atoms with E-state index in [2.05, 4.69) is 0 Å². The number of ketones is 2. The van der Waals surface area contributed by atoms with Gasteiger partial charge in [-0.3, -0.25) is 9.59 Å². The molecule has 1 aliphatic carbocycles. The smallest absolute Gasteiger partial charge is 0.356 e. The predicted molar refractivity (Wildman–Crippen MR) is 88.7 cm³/mol. The Balaban J connectivity index is 2.22. The zero-order chi connectivity index (χ0) is 16.8. The summed E-state index contributed by atoms with van der Waals surface area (Å²) in [4.78, 5) is 37.3. The lowest BCUT2D eigenvalue weighted by molar-refractivity contribution is 0.0515. The summed E-state index contributed by atoms with van der Waals surface area (Å²) >= 11 is 0. The lowest BCUT2D eigenvalue weighted by Crippen LogP contribution is -2.15. The van der Waals surface area contributed by atoms with Crippen molar-refractivity contribution in [3.63, 3.8) is 0 Å². The Morgan fingerprint density at radius 2 is 1.75 bits per heavy atom. The van der Waals surface area contributed by atoms with E-state index in [0.717, 1.165) is 10.8 Å². The summed E-state index contributed by atoms with van der Waals surface area (Å²) in [5.74, 6) is -1.25. The minimum atomic E-state index is -0.611. The van der Waals surface area contributed by atoms with Crippen molar-refractivity contribution in [3.8, 4) is 0 Å². The molecule has 0 saturated carbocycles. The highest BCUT2D eigenvalue weighted by Crippen LogP contribution is 2.33. The van der Waals surface area contributed by atoms with Crippen molar-refractivity contribution < 1.29 is 19.1 Å². The zero-order valence-corrected chi connectivity index (χ0v) is 12.9. The molecule has 0 fully saturated rings. The van der Waals surface area contributed by atoms with Gasteiger partial charge in [0.15, 0.2) is 11.6 Å². The summed E-state index contributed by atoms with van der Waals surface area (Å²) in [5.41, 5.74) is 1.06. The maximum Gasteiger partial charge on any atom is 0.356 e. The molecular formula is C19H13NO4. The van der Waals surface area contributed by atoms with Crippen LogP contribution in [0.5, 0.6) is 0 Å². The van der Waals surface area contributed by atoms with E-state index in [4.69, 9.17) is 4.74 Å². The lowest BCUT2D eigenvalue weighted by atomic mass is 9.95. The van der Waals surface area contributed by atoms with E-state index in [1.54, 1.807) is 17.5 Å². The average Bonchev–Trinajstić information content (AvgIpc) is 2.95. The average molecular weight is 319 g/mol. The lowest BCUT2D eigenvalue weighted by Gasteiger charge is -2.06. The van der Waals surface area contributed by atoms with Gasteiger partial charge in [0, 0.05) is 11.6 Å². The second-order valence-electron chi connectivity index (χ2n) is 5.50. The molecule has 0 saturated heterocycles. The van der Waals surface area contributed by atoms with E-state index < -0.39 is 5.97 Å². The third-order valence-electron chi connectivity index (χ3n) is 4.17. The van der Waals surface area contributed by atoms with E-state index in [-0.39, 0.29) is 35.0 Å². The molecule has 1 aromatic carbocycles. The van der Waals surface area contributed by atoms with Gasteiger partial charge in [-0.1, -0.05) is 24.3 Å². The van der Waals surface area contributed by atoms with Crippen LogP contribution in [-0.4, -0.2) is 28.5 Å². The van der Waals surface area contributed by atoms with Crippen molar-refractivity contribution in [1.82, 2.24) is 4.40 Å². The number of pyridine rings is 1. The Morgan fingerprint density at radius 3 is 2.50 bits per heavy atom. The molecule has 0 atom stereocenters. The van der Waals surface area contributed by atoms with Crippen molar-refractivity contribution in [3.05, 3.63) is 65.5 Å². The first-order chi connectivity index (χ1) is 11.6. The van der Waals surface area contributed by atoms with Crippen LogP contribution in [0.2, 0.25) is 0 Å². The summed E-state index contributed by atoms with van der Waals surface area (Å²) in [5, 5.41) is 1.73. The number of carbonyl (C=O) groups excluding carboxylic acids is 3. The molecule has 24 heavy (non-hydrogen) atoms. The molecule has 2 heterocycles. The summed E-state index contributed by atoms with van der Waals surface area (Å²) in [7, 11) is 0. The SMILES string of the molecule is CCOC(=O)c1c2c(c3c4ccccc4ccn13)C(=O)C=CC2=O. The second-order valence-corrected chi connectivity index (χ2v) is 5.50. The maximum atomic E-state index is 12.5. The first kappa shape index (κ1) is 14.4. The fourth-order valence-corrected chi connectivity index (χ4v) is 3.21. The van der Waals surface area contributed by atoms with E-state index in [0.29, 0.717) is 5.52 Å². The Morgan fingerprint density at radius 1 is 1.04 bits per heavy atom. The third-order valence-corrected chi connectivity index (χ3v) is 4.17. The first-order valence-electron chi connectivity index (χ1n) is 7.63. The molecule has 0 unspecified atom stereocenters. The molecule has 0 aliphatic heterocycles. The number of fused-ring (bicyclic) bond motifs is 5. The van der Waals surface area contributed by atoms with Gasteiger partial charge in [0.25, 0.3) is 0 Å². The topological polar surface area (TPSA) is 64.8 Å². The quantitative estimate of drug-likeness (QED) is 0.680. The molecule has 1 aliphatic rings. The number of hydrogen-bond acceptors (Lipinski definition) is 4. The van der Waals surface area contributed by atoms with Gasteiger partial charge in [0.05, 0.1) is 23.3 Å². The van der Waals surface area contributed by atoms with Crippen LogP contribution >= 0.6 is 0 Å². The molecule has 0 radical (unpaired) electrons. The van der Waals surface area contributed by atoms with Crippen LogP contribution in [0, 0.1) is 0 Å². The van der Waals surface area contributed by atoms with Crippen LogP contribution in [0.15, 0.2) is 48.7 Å². The monoisotopic (exact) mass is 319 g/mol. The van der Waals surface area contributed by atoms with Gasteiger partial charge in [-0.2, -0.15) is 0 Å². The summed E-state index contributed by atoms with van der Waals surface area (Å²) in [6.45, 7) is 1.88. The van der Waals surface area contributed by atoms with Crippen molar-refractivity contribution >= 4 is 33.8 Å². The van der Waals surface area contributed by atoms with Gasteiger partial charge < -0.3 is 9.14 Å². The summed E-state index contributed by atoms with van der Waals surface area (Å²) < 4.78 is 6.70. The maximum absolute atomic E-state index is 12.5. The minimum Gasteiger partial charge on any atom is -0.461 e. The van der Waals surface area contributed by atoms with Crippen LogP contribution in [-0.2, 0) is 4.74 Å². The molecule has 5 nitrogen and oxygen atoms in total. The van der Waals surface area contributed by atoms with Crippen molar-refractivity contribution in [1.29, 1.82) is 0 Å². The molecule has 2 aromatic heterocycles. The van der Waals surface area contributed by atoms with Crippen LogP contribution in [0.3, 0.4) is 0 Å². The number of esters is 1. The highest BCUT2D eigenvalue weighted by atomic mass is 16.5. The molecule has 4 rings (SSSR count). The van der Waals surface area contributed by atoms with Crippen LogP contribution in [0.25, 0.3) is 16.3 Å². The Hall–Kier alpha value is -3.21. The molecule has 118 valence electrons. The van der Waals surface area contributed by atoms with Crippen molar-refractivity contribution in [2.24, 2.45) is 0 Å². The van der Waals surface area contributed by atoms with Crippen LogP contribution in [0.1, 0.15) is 38.1 Å². The second kappa shape index (κ2) is 5.16. The number of benzene rings is 1. The molecule has 0 amide bonds. The summed E-state index contributed by atoms with van der Waals surface area (Å²) in [6.07, 6.45) is 4.15. The number of aromatic nitrogens is 1. The number of nitrogens with zero attached hydrogens (tertiary/aromatic N) is 1. The molecule has 0 bridgehead atoms. The molecular weight excluding hydrogens is 306 g/mol. The number of rotatable bonds is 2. The van der Waals surface area contributed by atoms with Crippen molar-refractivity contribution in [2.45, 2.75) is 6.92 Å². The van der Waals surface area contributed by atoms with E-state index in [9.17, 15) is 14.4 Å².